The summed E-state index contributed by atoms with van der Waals surface area (Å²) in [4.78, 5) is 29.9. The Kier molecular flexibility index (Phi) is 3.92. The van der Waals surface area contributed by atoms with Crippen LogP contribution >= 0.6 is 15.9 Å². The molecule has 1 N–H and O–H groups in total. The van der Waals surface area contributed by atoms with Crippen molar-refractivity contribution in [2.75, 3.05) is 5.32 Å². The van der Waals surface area contributed by atoms with Gasteiger partial charge in [0.15, 0.2) is 0 Å². The summed E-state index contributed by atoms with van der Waals surface area (Å²) < 4.78 is 2.58. The minimum atomic E-state index is -0.349. The average molecular weight is 398 g/mol. The predicted octanol–water partition coefficient (Wildman–Crippen LogP) is 3.46. The van der Waals surface area contributed by atoms with E-state index in [0.717, 1.165) is 15.7 Å². The molecule has 0 aliphatic carbocycles. The van der Waals surface area contributed by atoms with Gasteiger partial charge in [-0.05, 0) is 42.8 Å². The highest BCUT2D eigenvalue weighted by atomic mass is 79.9. The molecule has 0 saturated carbocycles. The molecule has 2 heterocycles. The van der Waals surface area contributed by atoms with Gasteiger partial charge in [0.05, 0.1) is 16.8 Å². The number of fused-ring (bicyclic) bond motifs is 2. The summed E-state index contributed by atoms with van der Waals surface area (Å²) in [6.07, 6.45) is 0.392. The Labute approximate surface area is 152 Å². The molecule has 0 spiro atoms. The first kappa shape index (κ1) is 16.0. The van der Waals surface area contributed by atoms with Crippen LogP contribution < -0.4 is 10.9 Å². The van der Waals surface area contributed by atoms with Crippen molar-refractivity contribution < 1.29 is 4.79 Å². The van der Waals surface area contributed by atoms with Crippen LogP contribution in [0.3, 0.4) is 0 Å². The van der Waals surface area contributed by atoms with E-state index in [1.807, 2.05) is 43.3 Å². The zero-order chi connectivity index (χ0) is 17.6. The molecule has 0 unspecified atom stereocenters. The van der Waals surface area contributed by atoms with Gasteiger partial charge in [0.25, 0.3) is 5.56 Å². The van der Waals surface area contributed by atoms with Crippen molar-refractivity contribution >= 4 is 38.4 Å². The number of anilines is 1. The zero-order valence-electron chi connectivity index (χ0n) is 13.6. The third kappa shape index (κ3) is 2.66. The van der Waals surface area contributed by atoms with Crippen LogP contribution in [0, 0.1) is 0 Å². The number of aromatic nitrogens is 2. The molecule has 0 saturated heterocycles. The van der Waals surface area contributed by atoms with Gasteiger partial charge in [0.2, 0.25) is 5.91 Å². The Morgan fingerprint density at radius 1 is 1.20 bits per heavy atom. The highest BCUT2D eigenvalue weighted by Crippen LogP contribution is 2.36. The van der Waals surface area contributed by atoms with Crippen molar-refractivity contribution in [1.29, 1.82) is 0 Å². The first-order valence-corrected chi connectivity index (χ1v) is 8.96. The second kappa shape index (κ2) is 6.11. The second-order valence-electron chi connectivity index (χ2n) is 6.07. The molecule has 6 heteroatoms. The van der Waals surface area contributed by atoms with E-state index in [1.54, 1.807) is 10.6 Å². The molecule has 1 aliphatic heterocycles. The summed E-state index contributed by atoms with van der Waals surface area (Å²) in [5.74, 6) is 0.232. The minimum Gasteiger partial charge on any atom is -0.325 e. The molecule has 0 radical (unpaired) electrons. The Morgan fingerprint density at radius 3 is 2.80 bits per heavy atom. The van der Waals surface area contributed by atoms with Crippen LogP contribution in [0.4, 0.5) is 5.69 Å². The first-order valence-electron chi connectivity index (χ1n) is 8.17. The molecule has 0 bridgehead atoms. The maximum absolute atomic E-state index is 12.8. The number of nitrogens with one attached hydrogen (secondary N) is 1. The molecule has 1 aliphatic rings. The van der Waals surface area contributed by atoms with Gasteiger partial charge in [0, 0.05) is 23.1 Å². The number of hydrogen-bond donors (Lipinski definition) is 1. The van der Waals surface area contributed by atoms with Crippen LogP contribution in [-0.2, 0) is 17.8 Å². The fraction of sp³-hybridized carbons (Fsp3) is 0.211. The molecule has 1 atom stereocenters. The molecule has 3 aromatic rings. The maximum Gasteiger partial charge on any atom is 0.261 e. The number of benzene rings is 2. The quantitative estimate of drug-likeness (QED) is 0.735. The lowest BCUT2D eigenvalue weighted by Crippen LogP contribution is -2.27. The van der Waals surface area contributed by atoms with E-state index in [-0.39, 0.29) is 17.4 Å². The van der Waals surface area contributed by atoms with Crippen molar-refractivity contribution in [1.82, 2.24) is 9.55 Å². The molecular weight excluding hydrogens is 382 g/mol. The van der Waals surface area contributed by atoms with Crippen LogP contribution in [-0.4, -0.2) is 15.5 Å². The monoisotopic (exact) mass is 397 g/mol. The molecule has 5 nitrogen and oxygen atoms in total. The normalized spacial score (nSPS) is 16.1. The van der Waals surface area contributed by atoms with Crippen LogP contribution in [0.1, 0.15) is 24.2 Å². The summed E-state index contributed by atoms with van der Waals surface area (Å²) in [5, 5.41) is 3.51. The summed E-state index contributed by atoms with van der Waals surface area (Å²) in [6.45, 7) is 2.44. The van der Waals surface area contributed by atoms with Crippen molar-refractivity contribution in [2.24, 2.45) is 0 Å². The maximum atomic E-state index is 12.8. The number of carbonyl (C=O) groups is 1. The molecule has 4 rings (SSSR count). The fourth-order valence-electron chi connectivity index (χ4n) is 3.38. The number of para-hydroxylation sites is 1. The van der Waals surface area contributed by atoms with Gasteiger partial charge in [-0.1, -0.05) is 28.1 Å². The highest BCUT2D eigenvalue weighted by molar-refractivity contribution is 9.10. The molecular formula is C19H16BrN3O2. The molecule has 1 amide bonds. The number of halogens is 1. The van der Waals surface area contributed by atoms with Crippen LogP contribution in [0.15, 0.2) is 51.7 Å². The van der Waals surface area contributed by atoms with E-state index < -0.39 is 0 Å². The van der Waals surface area contributed by atoms with E-state index >= 15 is 0 Å². The van der Waals surface area contributed by atoms with Gasteiger partial charge in [-0.15, -0.1) is 0 Å². The van der Waals surface area contributed by atoms with Crippen molar-refractivity contribution in [3.8, 4) is 0 Å². The van der Waals surface area contributed by atoms with E-state index in [1.165, 1.54) is 0 Å². The van der Waals surface area contributed by atoms with E-state index in [9.17, 15) is 9.59 Å². The Bertz CT molecular complexity index is 1060. The topological polar surface area (TPSA) is 64.0 Å². The van der Waals surface area contributed by atoms with Gasteiger partial charge in [-0.3, -0.25) is 14.2 Å². The van der Waals surface area contributed by atoms with Gasteiger partial charge < -0.3 is 5.32 Å². The molecule has 25 heavy (non-hydrogen) atoms. The largest absolute Gasteiger partial charge is 0.325 e. The first-order chi connectivity index (χ1) is 12.1. The Hall–Kier alpha value is -2.47. The predicted molar refractivity (Wildman–Crippen MR) is 101 cm³/mol. The Morgan fingerprint density at radius 2 is 2.00 bits per heavy atom. The van der Waals surface area contributed by atoms with Crippen LogP contribution in [0.2, 0.25) is 0 Å². The number of nitrogens with zero attached hydrogens (tertiary/aromatic N) is 2. The lowest BCUT2D eigenvalue weighted by Gasteiger charge is -2.14. The highest BCUT2D eigenvalue weighted by Gasteiger charge is 2.32. The third-order valence-corrected chi connectivity index (χ3v) is 5.10. The van der Waals surface area contributed by atoms with Crippen molar-refractivity contribution in [3.63, 3.8) is 0 Å². The number of amides is 1. The summed E-state index contributed by atoms with van der Waals surface area (Å²) in [5.41, 5.74) is 2.37. The van der Waals surface area contributed by atoms with E-state index in [2.05, 4.69) is 26.2 Å². The smallest absolute Gasteiger partial charge is 0.261 e. The molecule has 2 aromatic carbocycles. The van der Waals surface area contributed by atoms with Crippen molar-refractivity contribution in [3.05, 3.63) is 68.7 Å². The van der Waals surface area contributed by atoms with Crippen LogP contribution in [0.5, 0.6) is 0 Å². The summed E-state index contributed by atoms with van der Waals surface area (Å²) >= 11 is 3.46. The molecule has 0 fully saturated rings. The van der Waals surface area contributed by atoms with Crippen molar-refractivity contribution in [2.45, 2.75) is 25.8 Å². The summed E-state index contributed by atoms with van der Waals surface area (Å²) in [6, 6.07) is 13.1. The lowest BCUT2D eigenvalue weighted by molar-refractivity contribution is -0.117. The van der Waals surface area contributed by atoms with Crippen LogP contribution in [0.25, 0.3) is 10.9 Å². The molecule has 126 valence electrons. The standard InChI is InChI=1S/C19H16BrN3O2/c1-2-23-17(21-15-6-4-3-5-12(15)19(23)25)10-14-13-9-11(20)7-8-16(13)22-18(14)24/h3-9,14H,2,10H2,1H3,(H,22,24)/t14-/m1/s1. The molecule has 1 aromatic heterocycles. The van der Waals surface area contributed by atoms with E-state index in [0.29, 0.717) is 29.7 Å². The Balaban J connectivity index is 1.83. The second-order valence-corrected chi connectivity index (χ2v) is 6.99. The van der Waals surface area contributed by atoms with Gasteiger partial charge in [0.1, 0.15) is 5.82 Å². The average Bonchev–Trinajstić information content (AvgIpc) is 2.90. The van der Waals surface area contributed by atoms with Gasteiger partial charge in [-0.2, -0.15) is 0 Å². The minimum absolute atomic E-state index is 0.0573. The number of carbonyl (C=O) groups excluding carboxylic acids is 1. The lowest BCUT2D eigenvalue weighted by atomic mass is 9.96. The SMILES string of the molecule is CCn1c(C[C@H]2C(=O)Nc3ccc(Br)cc32)nc2ccccc2c1=O. The number of rotatable bonds is 3. The van der Waals surface area contributed by atoms with Gasteiger partial charge >= 0.3 is 0 Å². The fourth-order valence-corrected chi connectivity index (χ4v) is 3.76. The number of hydrogen-bond acceptors (Lipinski definition) is 3. The summed E-state index contributed by atoms with van der Waals surface area (Å²) in [7, 11) is 0. The zero-order valence-corrected chi connectivity index (χ0v) is 15.2. The third-order valence-electron chi connectivity index (χ3n) is 4.61. The van der Waals surface area contributed by atoms with Gasteiger partial charge in [-0.25, -0.2) is 4.98 Å². The van der Waals surface area contributed by atoms with E-state index in [4.69, 9.17) is 0 Å².